The Morgan fingerprint density at radius 3 is 2.74 bits per heavy atom. The lowest BCUT2D eigenvalue weighted by Gasteiger charge is -2.06. The summed E-state index contributed by atoms with van der Waals surface area (Å²) in [6.07, 6.45) is 4.10. The maximum atomic E-state index is 11.8. The first kappa shape index (κ1) is 14.9. The van der Waals surface area contributed by atoms with Gasteiger partial charge in [0.25, 0.3) is 5.91 Å². The molecule has 0 saturated heterocycles. The molecule has 6 nitrogen and oxygen atoms in total. The molecule has 19 heavy (non-hydrogen) atoms. The molecule has 0 aliphatic heterocycles. The molecule has 1 aromatic carbocycles. The number of unbranched alkanes of at least 4 members (excludes halogenated alkanes) is 3. The molecule has 6 heteroatoms. The molecule has 0 fully saturated rings. The Morgan fingerprint density at radius 2 is 2.11 bits per heavy atom. The predicted octanol–water partition coefficient (Wildman–Crippen LogP) is 2.61. The van der Waals surface area contributed by atoms with Crippen molar-refractivity contribution in [2.24, 2.45) is 0 Å². The fourth-order valence-electron chi connectivity index (χ4n) is 1.71. The standard InChI is InChI=1S/C13H18N2O4/c1-2-3-4-5-9-14-13(17)10-7-6-8-11(12(10)16)15(18)19/h6-8,16H,2-5,9H2,1H3,(H,14,17). The highest BCUT2D eigenvalue weighted by Gasteiger charge is 2.20. The van der Waals surface area contributed by atoms with E-state index in [9.17, 15) is 20.0 Å². The van der Waals surface area contributed by atoms with E-state index in [4.69, 9.17) is 0 Å². The minimum atomic E-state index is -0.715. The second-order valence-electron chi connectivity index (χ2n) is 4.25. The number of aromatic hydroxyl groups is 1. The highest BCUT2D eigenvalue weighted by molar-refractivity contribution is 5.98. The van der Waals surface area contributed by atoms with Crippen LogP contribution in [0.3, 0.4) is 0 Å². The molecular weight excluding hydrogens is 248 g/mol. The molecule has 2 N–H and O–H groups in total. The highest BCUT2D eigenvalue weighted by Crippen LogP contribution is 2.28. The number of nitro benzene ring substituents is 1. The van der Waals surface area contributed by atoms with Gasteiger partial charge in [-0.1, -0.05) is 32.3 Å². The quantitative estimate of drug-likeness (QED) is 0.450. The summed E-state index contributed by atoms with van der Waals surface area (Å²) in [6.45, 7) is 2.60. The van der Waals surface area contributed by atoms with Crippen LogP contribution < -0.4 is 5.32 Å². The lowest BCUT2D eigenvalue weighted by Crippen LogP contribution is -2.24. The van der Waals surface area contributed by atoms with E-state index in [1.165, 1.54) is 12.1 Å². The average Bonchev–Trinajstić information content (AvgIpc) is 2.38. The number of amides is 1. The molecule has 0 aliphatic rings. The van der Waals surface area contributed by atoms with Crippen molar-refractivity contribution in [1.29, 1.82) is 0 Å². The van der Waals surface area contributed by atoms with Gasteiger partial charge in [0.15, 0.2) is 0 Å². The van der Waals surface area contributed by atoms with E-state index in [0.29, 0.717) is 6.54 Å². The van der Waals surface area contributed by atoms with E-state index in [1.54, 1.807) is 0 Å². The van der Waals surface area contributed by atoms with Crippen LogP contribution >= 0.6 is 0 Å². The van der Waals surface area contributed by atoms with Crippen LogP contribution in [0.2, 0.25) is 0 Å². The van der Waals surface area contributed by atoms with Crippen molar-refractivity contribution in [3.8, 4) is 5.75 Å². The molecule has 0 aliphatic carbocycles. The smallest absolute Gasteiger partial charge is 0.311 e. The number of hydrogen-bond donors (Lipinski definition) is 2. The zero-order chi connectivity index (χ0) is 14.3. The van der Waals surface area contributed by atoms with Crippen molar-refractivity contribution in [3.63, 3.8) is 0 Å². The van der Waals surface area contributed by atoms with Gasteiger partial charge in [-0.05, 0) is 12.5 Å². The fraction of sp³-hybridized carbons (Fsp3) is 0.462. The Labute approximate surface area is 111 Å². The Balaban J connectivity index is 2.62. The van der Waals surface area contributed by atoms with Gasteiger partial charge >= 0.3 is 5.69 Å². The normalized spacial score (nSPS) is 10.2. The summed E-state index contributed by atoms with van der Waals surface area (Å²) in [4.78, 5) is 21.7. The highest BCUT2D eigenvalue weighted by atomic mass is 16.6. The second-order valence-corrected chi connectivity index (χ2v) is 4.25. The summed E-state index contributed by atoms with van der Waals surface area (Å²) in [5.41, 5.74) is -0.525. The van der Waals surface area contributed by atoms with Crippen molar-refractivity contribution < 1.29 is 14.8 Å². The fourth-order valence-corrected chi connectivity index (χ4v) is 1.71. The van der Waals surface area contributed by atoms with E-state index in [-0.39, 0.29) is 5.56 Å². The summed E-state index contributed by atoms with van der Waals surface area (Å²) >= 11 is 0. The Kier molecular flexibility index (Phi) is 5.78. The third-order valence-corrected chi connectivity index (χ3v) is 2.77. The summed E-state index contributed by atoms with van der Waals surface area (Å²) < 4.78 is 0. The zero-order valence-corrected chi connectivity index (χ0v) is 10.9. The van der Waals surface area contributed by atoms with Gasteiger partial charge in [0.05, 0.1) is 10.5 Å². The summed E-state index contributed by atoms with van der Waals surface area (Å²) in [5, 5.41) is 23.0. The second kappa shape index (κ2) is 7.35. The minimum absolute atomic E-state index is 0.0651. The van der Waals surface area contributed by atoms with Crippen LogP contribution in [0.5, 0.6) is 5.75 Å². The maximum Gasteiger partial charge on any atom is 0.311 e. The molecule has 0 saturated carbocycles. The van der Waals surface area contributed by atoms with Crippen LogP contribution in [0.15, 0.2) is 18.2 Å². The number of nitrogens with one attached hydrogen (secondary N) is 1. The molecule has 0 unspecified atom stereocenters. The first-order valence-electron chi connectivity index (χ1n) is 6.32. The predicted molar refractivity (Wildman–Crippen MR) is 71.2 cm³/mol. The van der Waals surface area contributed by atoms with Crippen LogP contribution in [0, 0.1) is 10.1 Å². The monoisotopic (exact) mass is 266 g/mol. The molecule has 1 rings (SSSR count). The third-order valence-electron chi connectivity index (χ3n) is 2.77. The maximum absolute atomic E-state index is 11.8. The van der Waals surface area contributed by atoms with Gasteiger partial charge in [0.2, 0.25) is 5.75 Å². The average molecular weight is 266 g/mol. The number of nitro groups is 1. The number of phenolic OH excluding ortho intramolecular Hbond substituents is 1. The van der Waals surface area contributed by atoms with Gasteiger partial charge in [0, 0.05) is 12.6 Å². The first-order chi connectivity index (χ1) is 9.07. The zero-order valence-electron chi connectivity index (χ0n) is 10.9. The number of hydrogen-bond acceptors (Lipinski definition) is 4. The Bertz CT molecular complexity index is 460. The minimum Gasteiger partial charge on any atom is -0.502 e. The topological polar surface area (TPSA) is 92.5 Å². The van der Waals surface area contributed by atoms with E-state index < -0.39 is 22.3 Å². The van der Waals surface area contributed by atoms with Gasteiger partial charge in [-0.25, -0.2) is 0 Å². The SMILES string of the molecule is CCCCCCNC(=O)c1cccc([N+](=O)[O-])c1O. The first-order valence-corrected chi connectivity index (χ1v) is 6.32. The molecule has 0 spiro atoms. The molecule has 0 heterocycles. The molecule has 104 valence electrons. The van der Waals surface area contributed by atoms with Crippen molar-refractivity contribution in [2.75, 3.05) is 6.54 Å². The van der Waals surface area contributed by atoms with Crippen LogP contribution in [0.1, 0.15) is 43.0 Å². The molecule has 0 radical (unpaired) electrons. The van der Waals surface area contributed by atoms with Gasteiger partial charge in [-0.2, -0.15) is 0 Å². The number of nitrogens with zero attached hydrogens (tertiary/aromatic N) is 1. The van der Waals surface area contributed by atoms with E-state index in [2.05, 4.69) is 12.2 Å². The summed E-state index contributed by atoms with van der Waals surface area (Å²) in [5.74, 6) is -1.07. The molecule has 0 atom stereocenters. The van der Waals surface area contributed by atoms with Crippen LogP contribution in [-0.4, -0.2) is 22.5 Å². The number of benzene rings is 1. The number of carbonyl (C=O) groups is 1. The Hall–Kier alpha value is -2.11. The number of phenols is 1. The van der Waals surface area contributed by atoms with Crippen molar-refractivity contribution in [2.45, 2.75) is 32.6 Å². The largest absolute Gasteiger partial charge is 0.502 e. The van der Waals surface area contributed by atoms with Crippen LogP contribution in [0.25, 0.3) is 0 Å². The molecule has 1 aromatic rings. The van der Waals surface area contributed by atoms with Gasteiger partial charge < -0.3 is 10.4 Å². The van der Waals surface area contributed by atoms with E-state index in [1.807, 2.05) is 0 Å². The van der Waals surface area contributed by atoms with Crippen molar-refractivity contribution in [1.82, 2.24) is 5.32 Å². The lowest BCUT2D eigenvalue weighted by molar-refractivity contribution is -0.385. The van der Waals surface area contributed by atoms with E-state index >= 15 is 0 Å². The number of carbonyl (C=O) groups excluding carboxylic acids is 1. The summed E-state index contributed by atoms with van der Waals surface area (Å²) in [7, 11) is 0. The number of para-hydroxylation sites is 1. The Morgan fingerprint density at radius 1 is 1.37 bits per heavy atom. The third kappa shape index (κ3) is 4.24. The van der Waals surface area contributed by atoms with Gasteiger partial charge in [-0.3, -0.25) is 14.9 Å². The van der Waals surface area contributed by atoms with Crippen LogP contribution in [-0.2, 0) is 0 Å². The van der Waals surface area contributed by atoms with Crippen LogP contribution in [0.4, 0.5) is 5.69 Å². The molecule has 0 aromatic heterocycles. The van der Waals surface area contributed by atoms with Gasteiger partial charge in [-0.15, -0.1) is 0 Å². The molecule has 0 bridgehead atoms. The van der Waals surface area contributed by atoms with Crippen molar-refractivity contribution >= 4 is 11.6 Å². The van der Waals surface area contributed by atoms with Crippen molar-refractivity contribution in [3.05, 3.63) is 33.9 Å². The summed E-state index contributed by atoms with van der Waals surface area (Å²) in [6, 6.07) is 3.90. The molecular formula is C13H18N2O4. The van der Waals surface area contributed by atoms with Gasteiger partial charge in [0.1, 0.15) is 0 Å². The molecule has 1 amide bonds. The van der Waals surface area contributed by atoms with E-state index in [0.717, 1.165) is 31.7 Å². The lowest BCUT2D eigenvalue weighted by atomic mass is 10.1. The number of rotatable bonds is 7.